The Kier molecular flexibility index (Phi) is 4.68. The largest absolute Gasteiger partial charge is 0.368 e. The normalized spacial score (nSPS) is 18.0. The van der Waals surface area contributed by atoms with Crippen LogP contribution in [0, 0.1) is 6.92 Å². The molecule has 0 unspecified atom stereocenters. The molecule has 1 aliphatic heterocycles. The Hall–Kier alpha value is -2.25. The van der Waals surface area contributed by atoms with Gasteiger partial charge in [0.25, 0.3) is 0 Å². The van der Waals surface area contributed by atoms with Gasteiger partial charge in [-0.3, -0.25) is 14.6 Å². The number of aromatic nitrogens is 2. The minimum absolute atomic E-state index is 0.304. The van der Waals surface area contributed by atoms with Crippen LogP contribution in [0.4, 0.5) is 0 Å². The molecule has 2 heterocycles. The van der Waals surface area contributed by atoms with Crippen molar-refractivity contribution in [1.29, 1.82) is 0 Å². The van der Waals surface area contributed by atoms with Crippen molar-refractivity contribution in [3.05, 3.63) is 47.3 Å². The maximum atomic E-state index is 11.9. The number of amides is 1. The molecule has 0 aliphatic carbocycles. The predicted octanol–water partition coefficient (Wildman–Crippen LogP) is 0.722. The van der Waals surface area contributed by atoms with Gasteiger partial charge in [0.2, 0.25) is 5.91 Å². The van der Waals surface area contributed by atoms with E-state index in [2.05, 4.69) is 20.1 Å². The topological polar surface area (TPSA) is 88.5 Å². The second-order valence-corrected chi connectivity index (χ2v) is 5.82. The van der Waals surface area contributed by atoms with E-state index in [1.54, 1.807) is 0 Å². The van der Waals surface area contributed by atoms with Crippen molar-refractivity contribution < 1.29 is 9.42 Å². The molecule has 1 aromatic heterocycles. The van der Waals surface area contributed by atoms with Crippen molar-refractivity contribution in [3.63, 3.8) is 0 Å². The average Bonchev–Trinajstić information content (AvgIpc) is 2.95. The predicted molar refractivity (Wildman–Crippen MR) is 84.3 cm³/mol. The van der Waals surface area contributed by atoms with E-state index >= 15 is 0 Å². The van der Waals surface area contributed by atoms with Gasteiger partial charge in [-0.2, -0.15) is 0 Å². The van der Waals surface area contributed by atoms with Crippen molar-refractivity contribution in [2.75, 3.05) is 26.2 Å². The molecule has 1 fully saturated rings. The van der Waals surface area contributed by atoms with Crippen LogP contribution < -0.4 is 5.73 Å². The fourth-order valence-corrected chi connectivity index (χ4v) is 2.97. The SMILES string of the molecule is Cc1nonc1CN1CCN([C@@H](C(N)=O)c2ccccc2)CC1. The number of piperazine rings is 1. The van der Waals surface area contributed by atoms with Gasteiger partial charge >= 0.3 is 0 Å². The number of hydrogen-bond acceptors (Lipinski definition) is 6. The summed E-state index contributed by atoms with van der Waals surface area (Å²) in [5.41, 5.74) is 8.28. The van der Waals surface area contributed by atoms with E-state index < -0.39 is 0 Å². The van der Waals surface area contributed by atoms with Gasteiger partial charge in [-0.25, -0.2) is 4.63 Å². The molecule has 1 atom stereocenters. The Morgan fingerprint density at radius 3 is 2.48 bits per heavy atom. The van der Waals surface area contributed by atoms with E-state index in [1.807, 2.05) is 37.3 Å². The molecule has 1 aromatic carbocycles. The minimum atomic E-state index is -0.367. The molecule has 23 heavy (non-hydrogen) atoms. The first-order valence-corrected chi connectivity index (χ1v) is 7.74. The van der Waals surface area contributed by atoms with Crippen molar-refractivity contribution >= 4 is 5.91 Å². The van der Waals surface area contributed by atoms with Crippen LogP contribution in [-0.4, -0.2) is 52.2 Å². The first-order chi connectivity index (χ1) is 11.1. The summed E-state index contributed by atoms with van der Waals surface area (Å²) < 4.78 is 4.74. The zero-order chi connectivity index (χ0) is 16.2. The summed E-state index contributed by atoms with van der Waals surface area (Å²) in [6.45, 7) is 5.88. The summed E-state index contributed by atoms with van der Waals surface area (Å²) in [5.74, 6) is -0.304. The molecular formula is C16H21N5O2. The van der Waals surface area contributed by atoms with Crippen LogP contribution in [0.3, 0.4) is 0 Å². The van der Waals surface area contributed by atoms with E-state index in [1.165, 1.54) is 0 Å². The Morgan fingerprint density at radius 2 is 1.91 bits per heavy atom. The van der Waals surface area contributed by atoms with Gasteiger partial charge in [0.1, 0.15) is 17.4 Å². The number of carbonyl (C=O) groups is 1. The molecule has 0 radical (unpaired) electrons. The molecular weight excluding hydrogens is 294 g/mol. The Bertz CT molecular complexity index is 650. The first-order valence-electron chi connectivity index (χ1n) is 7.74. The molecule has 3 rings (SSSR count). The van der Waals surface area contributed by atoms with Crippen LogP contribution in [0.25, 0.3) is 0 Å². The maximum absolute atomic E-state index is 11.9. The van der Waals surface area contributed by atoms with E-state index in [4.69, 9.17) is 10.4 Å². The monoisotopic (exact) mass is 315 g/mol. The quantitative estimate of drug-likeness (QED) is 0.875. The van der Waals surface area contributed by atoms with E-state index in [0.717, 1.165) is 49.7 Å². The number of carbonyl (C=O) groups excluding carboxylic acids is 1. The molecule has 2 N–H and O–H groups in total. The molecule has 0 bridgehead atoms. The van der Waals surface area contributed by atoms with E-state index in [-0.39, 0.29) is 11.9 Å². The van der Waals surface area contributed by atoms with Crippen molar-refractivity contribution in [3.8, 4) is 0 Å². The molecule has 0 spiro atoms. The summed E-state index contributed by atoms with van der Waals surface area (Å²) in [6.07, 6.45) is 0. The third-order valence-corrected chi connectivity index (χ3v) is 4.28. The van der Waals surface area contributed by atoms with Gasteiger partial charge in [-0.1, -0.05) is 40.6 Å². The van der Waals surface area contributed by atoms with Crippen LogP contribution in [0.5, 0.6) is 0 Å². The van der Waals surface area contributed by atoms with Gasteiger partial charge in [0.15, 0.2) is 0 Å². The molecule has 1 amide bonds. The molecule has 1 saturated heterocycles. The third-order valence-electron chi connectivity index (χ3n) is 4.28. The van der Waals surface area contributed by atoms with Crippen molar-refractivity contribution in [2.24, 2.45) is 5.73 Å². The Balaban J connectivity index is 1.63. The summed E-state index contributed by atoms with van der Waals surface area (Å²) in [6, 6.07) is 9.34. The number of rotatable bonds is 5. The Morgan fingerprint density at radius 1 is 1.22 bits per heavy atom. The van der Waals surface area contributed by atoms with Crippen molar-refractivity contribution in [2.45, 2.75) is 19.5 Å². The lowest BCUT2D eigenvalue weighted by Crippen LogP contribution is -2.50. The lowest BCUT2D eigenvalue weighted by molar-refractivity contribution is -0.124. The number of benzene rings is 1. The highest BCUT2D eigenvalue weighted by molar-refractivity contribution is 5.81. The second-order valence-electron chi connectivity index (χ2n) is 5.82. The fourth-order valence-electron chi connectivity index (χ4n) is 2.97. The average molecular weight is 315 g/mol. The number of primary amides is 1. The van der Waals surface area contributed by atoms with Gasteiger partial charge < -0.3 is 5.73 Å². The zero-order valence-electron chi connectivity index (χ0n) is 13.2. The molecule has 0 saturated carbocycles. The lowest BCUT2D eigenvalue weighted by atomic mass is 10.0. The van der Waals surface area contributed by atoms with Crippen LogP contribution in [0.2, 0.25) is 0 Å². The van der Waals surface area contributed by atoms with E-state index in [0.29, 0.717) is 0 Å². The summed E-state index contributed by atoms with van der Waals surface area (Å²) in [5, 5.41) is 7.73. The lowest BCUT2D eigenvalue weighted by Gasteiger charge is -2.38. The summed E-state index contributed by atoms with van der Waals surface area (Å²) in [4.78, 5) is 16.3. The van der Waals surface area contributed by atoms with Gasteiger partial charge in [-0.05, 0) is 12.5 Å². The maximum Gasteiger partial charge on any atom is 0.239 e. The molecule has 122 valence electrons. The van der Waals surface area contributed by atoms with Gasteiger partial charge in [0, 0.05) is 32.7 Å². The smallest absolute Gasteiger partial charge is 0.239 e. The molecule has 1 aliphatic rings. The van der Waals surface area contributed by atoms with Crippen LogP contribution in [0.1, 0.15) is 23.0 Å². The highest BCUT2D eigenvalue weighted by atomic mass is 16.6. The number of hydrogen-bond donors (Lipinski definition) is 1. The number of nitrogens with two attached hydrogens (primary N) is 1. The molecule has 7 heteroatoms. The van der Waals surface area contributed by atoms with E-state index in [9.17, 15) is 4.79 Å². The van der Waals surface area contributed by atoms with Crippen LogP contribution in [0.15, 0.2) is 35.0 Å². The molecule has 2 aromatic rings. The zero-order valence-corrected chi connectivity index (χ0v) is 13.2. The standard InChI is InChI=1S/C16H21N5O2/c1-12-14(19-23-18-12)11-20-7-9-21(10-8-20)15(16(17)22)13-5-3-2-4-6-13/h2-6,15H,7-11H2,1H3,(H2,17,22)/t15-/m1/s1. The van der Waals surface area contributed by atoms with Gasteiger partial charge in [-0.15, -0.1) is 0 Å². The van der Waals surface area contributed by atoms with Crippen molar-refractivity contribution in [1.82, 2.24) is 20.1 Å². The van der Waals surface area contributed by atoms with Crippen LogP contribution in [-0.2, 0) is 11.3 Å². The third kappa shape index (κ3) is 3.57. The number of nitrogens with zero attached hydrogens (tertiary/aromatic N) is 4. The fraction of sp³-hybridized carbons (Fsp3) is 0.438. The van der Waals surface area contributed by atoms with Crippen LogP contribution >= 0.6 is 0 Å². The number of aryl methyl sites for hydroxylation is 1. The van der Waals surface area contributed by atoms with Gasteiger partial charge in [0.05, 0.1) is 0 Å². The first kappa shape index (κ1) is 15.6. The highest BCUT2D eigenvalue weighted by Crippen LogP contribution is 2.22. The minimum Gasteiger partial charge on any atom is -0.368 e. The summed E-state index contributed by atoms with van der Waals surface area (Å²) in [7, 11) is 0. The second kappa shape index (κ2) is 6.89. The molecule has 7 nitrogen and oxygen atoms in total. The Labute approximate surface area is 135 Å². The highest BCUT2D eigenvalue weighted by Gasteiger charge is 2.29. The summed E-state index contributed by atoms with van der Waals surface area (Å²) >= 11 is 0.